The number of nitrogens with zero attached hydrogens (tertiary/aromatic N) is 1. The second-order valence-electron chi connectivity index (χ2n) is 6.41. The largest absolute Gasteiger partial charge is 0.326 e. The summed E-state index contributed by atoms with van der Waals surface area (Å²) in [7, 11) is 0. The van der Waals surface area contributed by atoms with E-state index in [0.29, 0.717) is 23.0 Å². The van der Waals surface area contributed by atoms with Gasteiger partial charge in [-0.25, -0.2) is 0 Å². The average Bonchev–Trinajstić information content (AvgIpc) is 3.02. The molecule has 28 heavy (non-hydrogen) atoms. The predicted octanol–water partition coefficient (Wildman–Crippen LogP) is 3.05. The standard InChI is InChI=1S/C21H21N3O3S/c1-14(25)16-8-5-9-17(12-16)23-19(26)13-18-20(27)24-21(28-18)22-11-10-15-6-3-2-4-7-15/h2-9,12,18H,10-11,13H2,1H3,(H,23,26)(H,22,24,27)/t18-/m1/s1. The fourth-order valence-electron chi connectivity index (χ4n) is 2.74. The molecule has 1 atom stereocenters. The molecule has 6 nitrogen and oxygen atoms in total. The lowest BCUT2D eigenvalue weighted by Crippen LogP contribution is -2.28. The Bertz CT molecular complexity index is 912. The van der Waals surface area contributed by atoms with Crippen LogP contribution in [0, 0.1) is 0 Å². The minimum atomic E-state index is -0.508. The van der Waals surface area contributed by atoms with Gasteiger partial charge in [-0.2, -0.15) is 0 Å². The van der Waals surface area contributed by atoms with Crippen molar-refractivity contribution in [3.8, 4) is 0 Å². The molecule has 2 N–H and O–H groups in total. The van der Waals surface area contributed by atoms with Gasteiger partial charge in [0.15, 0.2) is 11.0 Å². The summed E-state index contributed by atoms with van der Waals surface area (Å²) in [6.45, 7) is 2.04. The average molecular weight is 395 g/mol. The predicted molar refractivity (Wildman–Crippen MR) is 112 cm³/mol. The van der Waals surface area contributed by atoms with E-state index >= 15 is 0 Å². The Balaban J connectivity index is 1.51. The molecule has 1 aliphatic heterocycles. The van der Waals surface area contributed by atoms with Crippen LogP contribution in [-0.2, 0) is 16.0 Å². The van der Waals surface area contributed by atoms with E-state index < -0.39 is 5.25 Å². The van der Waals surface area contributed by atoms with E-state index in [0.717, 1.165) is 6.42 Å². The maximum atomic E-state index is 12.3. The number of amides is 2. The molecule has 0 bridgehead atoms. The molecule has 0 aromatic heterocycles. The first-order valence-electron chi connectivity index (χ1n) is 8.98. The molecule has 0 spiro atoms. The van der Waals surface area contributed by atoms with Crippen LogP contribution in [-0.4, -0.2) is 34.6 Å². The summed E-state index contributed by atoms with van der Waals surface area (Å²) in [6, 6.07) is 16.7. The Kier molecular flexibility index (Phi) is 6.60. The highest BCUT2D eigenvalue weighted by Gasteiger charge is 2.31. The van der Waals surface area contributed by atoms with Gasteiger partial charge in [-0.15, -0.1) is 0 Å². The molecular formula is C21H21N3O3S. The SMILES string of the molecule is CC(=O)c1cccc(NC(=O)C[C@H]2SC(=NCCc3ccccc3)NC2=O)c1. The lowest BCUT2D eigenvalue weighted by molar-refractivity contribution is -0.122. The van der Waals surface area contributed by atoms with Gasteiger partial charge in [0.2, 0.25) is 11.8 Å². The van der Waals surface area contributed by atoms with Crippen molar-refractivity contribution in [2.75, 3.05) is 11.9 Å². The van der Waals surface area contributed by atoms with Crippen LogP contribution in [0.1, 0.15) is 29.3 Å². The van der Waals surface area contributed by atoms with Crippen molar-refractivity contribution in [3.05, 3.63) is 65.7 Å². The molecule has 1 heterocycles. The molecule has 0 unspecified atom stereocenters. The first kappa shape index (κ1) is 19.8. The molecule has 1 aliphatic rings. The number of carbonyl (C=O) groups excluding carboxylic acids is 3. The topological polar surface area (TPSA) is 87.6 Å². The maximum Gasteiger partial charge on any atom is 0.240 e. The van der Waals surface area contributed by atoms with E-state index in [9.17, 15) is 14.4 Å². The number of Topliss-reactive ketones (excluding diaryl/α,β-unsaturated/α-hetero) is 1. The number of thioether (sulfide) groups is 1. The summed E-state index contributed by atoms with van der Waals surface area (Å²) in [6.07, 6.45) is 0.830. The van der Waals surface area contributed by atoms with Gasteiger partial charge in [0.25, 0.3) is 0 Å². The van der Waals surface area contributed by atoms with E-state index in [1.54, 1.807) is 24.3 Å². The van der Waals surface area contributed by atoms with E-state index in [1.807, 2.05) is 30.3 Å². The number of hydrogen-bond donors (Lipinski definition) is 2. The minimum absolute atomic E-state index is 0.0402. The molecule has 1 saturated heterocycles. The van der Waals surface area contributed by atoms with Crippen LogP contribution in [0.15, 0.2) is 59.6 Å². The van der Waals surface area contributed by atoms with Crippen LogP contribution in [0.25, 0.3) is 0 Å². The van der Waals surface area contributed by atoms with Crippen molar-refractivity contribution in [1.82, 2.24) is 5.32 Å². The summed E-state index contributed by atoms with van der Waals surface area (Å²) in [5, 5.41) is 5.52. The summed E-state index contributed by atoms with van der Waals surface area (Å²) >= 11 is 1.28. The molecule has 2 aromatic carbocycles. The van der Waals surface area contributed by atoms with Crippen molar-refractivity contribution in [3.63, 3.8) is 0 Å². The van der Waals surface area contributed by atoms with Crippen molar-refractivity contribution in [1.29, 1.82) is 0 Å². The second-order valence-corrected chi connectivity index (χ2v) is 7.60. The van der Waals surface area contributed by atoms with Gasteiger partial charge >= 0.3 is 0 Å². The zero-order valence-corrected chi connectivity index (χ0v) is 16.3. The first-order valence-corrected chi connectivity index (χ1v) is 9.86. The molecular weight excluding hydrogens is 374 g/mol. The molecule has 3 rings (SSSR count). The smallest absolute Gasteiger partial charge is 0.240 e. The third-order valence-corrected chi connectivity index (χ3v) is 5.32. The van der Waals surface area contributed by atoms with Gasteiger partial charge in [-0.1, -0.05) is 54.2 Å². The van der Waals surface area contributed by atoms with Crippen molar-refractivity contribution < 1.29 is 14.4 Å². The number of aliphatic imine (C=N–C) groups is 1. The summed E-state index contributed by atoms with van der Waals surface area (Å²) in [5.74, 6) is -0.562. The summed E-state index contributed by atoms with van der Waals surface area (Å²) in [4.78, 5) is 40.2. The highest BCUT2D eigenvalue weighted by Crippen LogP contribution is 2.23. The number of rotatable bonds is 7. The number of carbonyl (C=O) groups is 3. The zero-order chi connectivity index (χ0) is 19.9. The Morgan fingerprint density at radius 1 is 1.14 bits per heavy atom. The van der Waals surface area contributed by atoms with Crippen LogP contribution in [0.3, 0.4) is 0 Å². The van der Waals surface area contributed by atoms with Gasteiger partial charge in [-0.05, 0) is 31.0 Å². The summed E-state index contributed by atoms with van der Waals surface area (Å²) < 4.78 is 0. The third-order valence-electron chi connectivity index (χ3n) is 4.20. The molecule has 2 amide bonds. The number of hydrogen-bond acceptors (Lipinski definition) is 5. The van der Waals surface area contributed by atoms with Gasteiger partial charge in [0.1, 0.15) is 5.25 Å². The van der Waals surface area contributed by atoms with E-state index in [1.165, 1.54) is 24.2 Å². The van der Waals surface area contributed by atoms with Crippen LogP contribution >= 0.6 is 11.8 Å². The molecule has 2 aromatic rings. The van der Waals surface area contributed by atoms with Crippen molar-refractivity contribution in [2.24, 2.45) is 4.99 Å². The maximum absolute atomic E-state index is 12.3. The van der Waals surface area contributed by atoms with E-state index in [-0.39, 0.29) is 24.0 Å². The quantitative estimate of drug-likeness (QED) is 0.706. The van der Waals surface area contributed by atoms with Crippen molar-refractivity contribution in [2.45, 2.75) is 25.0 Å². The molecule has 7 heteroatoms. The van der Waals surface area contributed by atoms with Gasteiger partial charge < -0.3 is 10.6 Å². The van der Waals surface area contributed by atoms with Crippen LogP contribution in [0.4, 0.5) is 5.69 Å². The van der Waals surface area contributed by atoms with E-state index in [2.05, 4.69) is 15.6 Å². The van der Waals surface area contributed by atoms with Gasteiger partial charge in [-0.3, -0.25) is 19.4 Å². The lowest BCUT2D eigenvalue weighted by Gasteiger charge is -2.08. The molecule has 1 fully saturated rings. The van der Waals surface area contributed by atoms with Crippen LogP contribution in [0.2, 0.25) is 0 Å². The molecule has 0 radical (unpaired) electrons. The van der Waals surface area contributed by atoms with Crippen molar-refractivity contribution >= 4 is 40.2 Å². The van der Waals surface area contributed by atoms with E-state index in [4.69, 9.17) is 0 Å². The van der Waals surface area contributed by atoms with Crippen LogP contribution < -0.4 is 10.6 Å². The Morgan fingerprint density at radius 3 is 2.68 bits per heavy atom. The number of anilines is 1. The number of ketones is 1. The second kappa shape index (κ2) is 9.32. The highest BCUT2D eigenvalue weighted by molar-refractivity contribution is 8.15. The van der Waals surface area contributed by atoms with Gasteiger partial charge in [0, 0.05) is 24.2 Å². The monoisotopic (exact) mass is 395 g/mol. The fourth-order valence-corrected chi connectivity index (χ4v) is 3.74. The van der Waals surface area contributed by atoms with Crippen LogP contribution in [0.5, 0.6) is 0 Å². The number of benzene rings is 2. The molecule has 0 saturated carbocycles. The minimum Gasteiger partial charge on any atom is -0.326 e. The Morgan fingerprint density at radius 2 is 1.93 bits per heavy atom. The highest BCUT2D eigenvalue weighted by atomic mass is 32.2. The number of amidine groups is 1. The Hall–Kier alpha value is -2.93. The molecule has 0 aliphatic carbocycles. The fraction of sp³-hybridized carbons (Fsp3) is 0.238. The lowest BCUT2D eigenvalue weighted by atomic mass is 10.1. The Labute approximate surface area is 167 Å². The molecule has 144 valence electrons. The number of nitrogens with one attached hydrogen (secondary N) is 2. The first-order chi connectivity index (χ1) is 13.5. The zero-order valence-electron chi connectivity index (χ0n) is 15.5. The summed E-state index contributed by atoms with van der Waals surface area (Å²) in [5.41, 5.74) is 2.25. The van der Waals surface area contributed by atoms with Gasteiger partial charge in [0.05, 0.1) is 0 Å². The normalized spacial score (nSPS) is 17.4. The third kappa shape index (κ3) is 5.53.